The van der Waals surface area contributed by atoms with Gasteiger partial charge in [-0.3, -0.25) is 4.79 Å². The van der Waals surface area contributed by atoms with Gasteiger partial charge in [-0.25, -0.2) is 9.37 Å². The van der Waals surface area contributed by atoms with Crippen LogP contribution in [0.15, 0.2) is 54.6 Å². The first kappa shape index (κ1) is 19.0. The lowest BCUT2D eigenvalue weighted by molar-refractivity contribution is -0.145. The Morgan fingerprint density at radius 3 is 2.73 bits per heavy atom. The van der Waals surface area contributed by atoms with Crippen LogP contribution in [0.25, 0.3) is 10.9 Å². The molecule has 5 rings (SSSR count). The Hall–Kier alpha value is -2.95. The molecule has 3 aromatic rings. The van der Waals surface area contributed by atoms with E-state index in [4.69, 9.17) is 4.98 Å². The highest BCUT2D eigenvalue weighted by atomic mass is 19.1. The highest BCUT2D eigenvalue weighted by Crippen LogP contribution is 2.42. The number of aryl methyl sites for hydroxylation is 1. The molecule has 1 atom stereocenters. The van der Waals surface area contributed by atoms with Crippen LogP contribution in [0.2, 0.25) is 0 Å². The number of pyridine rings is 1. The molecule has 0 N–H and O–H groups in total. The summed E-state index contributed by atoms with van der Waals surface area (Å²) < 4.78 is 14.1. The Kier molecular flexibility index (Phi) is 4.69. The number of carbonyl (C=O) groups excluding carboxylic acids is 1. The zero-order chi connectivity index (χ0) is 20.7. The Balaban J connectivity index is 1.38. The number of fused-ring (bicyclic) bond motifs is 1. The number of anilines is 1. The monoisotopic (exact) mass is 403 g/mol. The van der Waals surface area contributed by atoms with E-state index in [2.05, 4.69) is 24.0 Å². The average molecular weight is 404 g/mol. The molecule has 2 aromatic carbocycles. The molecule has 0 bridgehead atoms. The van der Waals surface area contributed by atoms with Crippen molar-refractivity contribution in [1.82, 2.24) is 9.88 Å². The van der Waals surface area contributed by atoms with Gasteiger partial charge in [-0.2, -0.15) is 0 Å². The number of carbonyl (C=O) groups is 1. The van der Waals surface area contributed by atoms with E-state index in [0.717, 1.165) is 37.1 Å². The van der Waals surface area contributed by atoms with E-state index in [1.165, 1.54) is 17.0 Å². The van der Waals surface area contributed by atoms with Gasteiger partial charge in [-0.15, -0.1) is 0 Å². The minimum absolute atomic E-state index is 0.164. The zero-order valence-electron chi connectivity index (χ0n) is 17.3. The fraction of sp³-hybridized carbons (Fsp3) is 0.360. The molecule has 4 nitrogen and oxygen atoms in total. The second kappa shape index (κ2) is 7.38. The van der Waals surface area contributed by atoms with Crippen LogP contribution in [0.4, 0.5) is 10.2 Å². The topological polar surface area (TPSA) is 36.4 Å². The van der Waals surface area contributed by atoms with E-state index in [1.807, 2.05) is 29.2 Å². The van der Waals surface area contributed by atoms with Crippen LogP contribution in [-0.2, 0) is 11.3 Å². The number of aromatic nitrogens is 1. The molecule has 154 valence electrons. The van der Waals surface area contributed by atoms with Gasteiger partial charge < -0.3 is 9.80 Å². The van der Waals surface area contributed by atoms with Crippen molar-refractivity contribution in [2.45, 2.75) is 32.7 Å². The molecule has 1 spiro atoms. The van der Waals surface area contributed by atoms with Crippen molar-refractivity contribution in [3.05, 3.63) is 71.5 Å². The number of rotatable bonds is 3. The summed E-state index contributed by atoms with van der Waals surface area (Å²) in [5.41, 5.74) is 2.40. The first-order valence-corrected chi connectivity index (χ1v) is 10.7. The lowest BCUT2D eigenvalue weighted by Gasteiger charge is -2.39. The zero-order valence-corrected chi connectivity index (χ0v) is 17.3. The summed E-state index contributed by atoms with van der Waals surface area (Å²) in [5, 5.41) is 1.17. The summed E-state index contributed by atoms with van der Waals surface area (Å²) in [6, 6.07) is 17.1. The van der Waals surface area contributed by atoms with Crippen LogP contribution in [0.5, 0.6) is 0 Å². The molecule has 0 saturated carbocycles. The van der Waals surface area contributed by atoms with Crippen molar-refractivity contribution in [1.29, 1.82) is 0 Å². The van der Waals surface area contributed by atoms with Gasteiger partial charge >= 0.3 is 0 Å². The fourth-order valence-electron chi connectivity index (χ4n) is 5.08. The Bertz CT molecular complexity index is 1110. The number of amides is 1. The number of hydrogen-bond acceptors (Lipinski definition) is 3. The van der Waals surface area contributed by atoms with Gasteiger partial charge in [-0.05, 0) is 49.9 Å². The minimum atomic E-state index is -0.384. The van der Waals surface area contributed by atoms with Crippen molar-refractivity contribution in [3.8, 4) is 0 Å². The first-order valence-electron chi connectivity index (χ1n) is 10.7. The van der Waals surface area contributed by atoms with Crippen LogP contribution < -0.4 is 4.90 Å². The molecule has 2 saturated heterocycles. The number of nitrogens with zero attached hydrogens (tertiary/aromatic N) is 3. The molecule has 1 aromatic heterocycles. The maximum atomic E-state index is 14.1. The molecule has 0 radical (unpaired) electrons. The lowest BCUT2D eigenvalue weighted by atomic mass is 9.78. The summed E-state index contributed by atoms with van der Waals surface area (Å²) in [4.78, 5) is 22.5. The summed E-state index contributed by atoms with van der Waals surface area (Å²) in [7, 11) is 0. The summed E-state index contributed by atoms with van der Waals surface area (Å²) >= 11 is 0. The van der Waals surface area contributed by atoms with Crippen molar-refractivity contribution in [2.75, 3.05) is 24.5 Å². The van der Waals surface area contributed by atoms with Crippen molar-refractivity contribution < 1.29 is 9.18 Å². The molecule has 30 heavy (non-hydrogen) atoms. The maximum absolute atomic E-state index is 14.1. The van der Waals surface area contributed by atoms with Gasteiger partial charge in [0, 0.05) is 37.1 Å². The van der Waals surface area contributed by atoms with E-state index in [1.54, 1.807) is 12.1 Å². The van der Waals surface area contributed by atoms with Gasteiger partial charge in [0.15, 0.2) is 0 Å². The number of benzene rings is 2. The molecule has 2 aliphatic rings. The number of piperidine rings is 1. The number of hydrogen-bond donors (Lipinski definition) is 0. The van der Waals surface area contributed by atoms with E-state index in [9.17, 15) is 9.18 Å². The lowest BCUT2D eigenvalue weighted by Crippen LogP contribution is -2.49. The Morgan fingerprint density at radius 1 is 1.07 bits per heavy atom. The summed E-state index contributed by atoms with van der Waals surface area (Å²) in [5.74, 6) is 0.868. The predicted octanol–water partition coefficient (Wildman–Crippen LogP) is 4.70. The van der Waals surface area contributed by atoms with Crippen LogP contribution in [0.3, 0.4) is 0 Å². The minimum Gasteiger partial charge on any atom is -0.355 e. The second-order valence-electron chi connectivity index (χ2n) is 8.69. The molecule has 0 aliphatic carbocycles. The van der Waals surface area contributed by atoms with Gasteiger partial charge in [0.25, 0.3) is 0 Å². The van der Waals surface area contributed by atoms with Gasteiger partial charge in [0.2, 0.25) is 5.91 Å². The fourth-order valence-corrected chi connectivity index (χ4v) is 5.08. The van der Waals surface area contributed by atoms with Crippen molar-refractivity contribution in [2.24, 2.45) is 5.41 Å². The van der Waals surface area contributed by atoms with Gasteiger partial charge in [0.05, 0.1) is 10.9 Å². The van der Waals surface area contributed by atoms with E-state index in [0.29, 0.717) is 25.2 Å². The average Bonchev–Trinajstić information content (AvgIpc) is 3.18. The standard InChI is InChI=1S/C25H26FN3O/c1-18-15-23(27-22-10-5-3-8-20(18)22)29-14-12-25(17-29)11-6-13-28(24(25)30)16-19-7-2-4-9-21(19)26/h2-5,7-10,15H,6,11-14,16-17H2,1H3/t25-/m1/s1. The largest absolute Gasteiger partial charge is 0.355 e. The number of likely N-dealkylation sites (tertiary alicyclic amines) is 1. The molecule has 2 aliphatic heterocycles. The SMILES string of the molecule is Cc1cc(N2CC[C@]3(CCCN(Cc4ccccc4F)C3=O)C2)nc2ccccc12. The molecule has 0 unspecified atom stereocenters. The van der Waals surface area contributed by atoms with E-state index < -0.39 is 0 Å². The summed E-state index contributed by atoms with van der Waals surface area (Å²) in [6.07, 6.45) is 2.67. The highest BCUT2D eigenvalue weighted by molar-refractivity contribution is 5.86. The van der Waals surface area contributed by atoms with Crippen molar-refractivity contribution >= 4 is 22.6 Å². The highest BCUT2D eigenvalue weighted by Gasteiger charge is 2.48. The van der Waals surface area contributed by atoms with Gasteiger partial charge in [0.1, 0.15) is 11.6 Å². The molecule has 2 fully saturated rings. The van der Waals surface area contributed by atoms with Gasteiger partial charge in [-0.1, -0.05) is 36.4 Å². The smallest absolute Gasteiger partial charge is 0.230 e. The number of halogens is 1. The maximum Gasteiger partial charge on any atom is 0.230 e. The molecule has 1 amide bonds. The third kappa shape index (κ3) is 3.22. The normalized spacial score (nSPS) is 21.7. The van der Waals surface area contributed by atoms with Crippen LogP contribution in [0.1, 0.15) is 30.4 Å². The second-order valence-corrected chi connectivity index (χ2v) is 8.69. The Morgan fingerprint density at radius 2 is 1.87 bits per heavy atom. The van der Waals surface area contributed by atoms with E-state index >= 15 is 0 Å². The summed E-state index contributed by atoms with van der Waals surface area (Å²) in [6.45, 7) is 4.67. The first-order chi connectivity index (χ1) is 14.6. The molecular formula is C25H26FN3O. The number of para-hydroxylation sites is 1. The predicted molar refractivity (Wildman–Crippen MR) is 117 cm³/mol. The molecule has 5 heteroatoms. The third-order valence-corrected chi connectivity index (χ3v) is 6.73. The molecular weight excluding hydrogens is 377 g/mol. The van der Waals surface area contributed by atoms with Crippen LogP contribution >= 0.6 is 0 Å². The quantitative estimate of drug-likeness (QED) is 0.636. The van der Waals surface area contributed by atoms with Crippen LogP contribution in [0, 0.1) is 18.2 Å². The van der Waals surface area contributed by atoms with Crippen LogP contribution in [-0.4, -0.2) is 35.4 Å². The van der Waals surface area contributed by atoms with E-state index in [-0.39, 0.29) is 17.1 Å². The molecule has 3 heterocycles. The van der Waals surface area contributed by atoms with Crippen molar-refractivity contribution in [3.63, 3.8) is 0 Å². The Labute approximate surface area is 176 Å². The third-order valence-electron chi connectivity index (χ3n) is 6.73.